The topological polar surface area (TPSA) is 53.3 Å². The van der Waals surface area contributed by atoms with Gasteiger partial charge in [0.25, 0.3) is 0 Å². The van der Waals surface area contributed by atoms with Crippen molar-refractivity contribution < 1.29 is 9.53 Å². The van der Waals surface area contributed by atoms with Crippen LogP contribution in [0.3, 0.4) is 0 Å². The third-order valence-corrected chi connectivity index (χ3v) is 3.36. The first-order valence-corrected chi connectivity index (χ1v) is 7.40. The van der Waals surface area contributed by atoms with Crippen LogP contribution in [0.4, 0.5) is 0 Å². The van der Waals surface area contributed by atoms with Crippen LogP contribution < -0.4 is 0 Å². The molecule has 0 N–H and O–H groups in total. The highest BCUT2D eigenvalue weighted by atomic mass is 16.5. The van der Waals surface area contributed by atoms with E-state index in [1.807, 2.05) is 27.7 Å². The SMILES string of the molecule is CCCC(C#N)(CCC)C(=O)N(CC)CCOCC. The zero-order valence-electron chi connectivity index (χ0n) is 12.9. The van der Waals surface area contributed by atoms with Gasteiger partial charge in [-0.2, -0.15) is 5.26 Å². The molecule has 110 valence electrons. The lowest BCUT2D eigenvalue weighted by Gasteiger charge is -2.31. The molecule has 0 radical (unpaired) electrons. The maximum atomic E-state index is 12.6. The van der Waals surface area contributed by atoms with E-state index in [1.54, 1.807) is 4.90 Å². The van der Waals surface area contributed by atoms with Gasteiger partial charge in [0.05, 0.1) is 12.7 Å². The number of ether oxygens (including phenoxy) is 1. The average Bonchev–Trinajstić information content (AvgIpc) is 2.42. The Labute approximate surface area is 117 Å². The Morgan fingerprint density at radius 3 is 2.16 bits per heavy atom. The van der Waals surface area contributed by atoms with Crippen LogP contribution in [-0.2, 0) is 9.53 Å². The fourth-order valence-corrected chi connectivity index (χ4v) is 2.38. The van der Waals surface area contributed by atoms with Crippen LogP contribution in [0.5, 0.6) is 0 Å². The summed E-state index contributed by atoms with van der Waals surface area (Å²) in [5.41, 5.74) is -0.842. The van der Waals surface area contributed by atoms with Gasteiger partial charge < -0.3 is 9.64 Å². The number of amides is 1. The van der Waals surface area contributed by atoms with Crippen molar-refractivity contribution >= 4 is 5.91 Å². The number of nitriles is 1. The van der Waals surface area contributed by atoms with Gasteiger partial charge in [-0.1, -0.05) is 26.7 Å². The van der Waals surface area contributed by atoms with E-state index < -0.39 is 5.41 Å². The van der Waals surface area contributed by atoms with Crippen molar-refractivity contribution in [2.75, 3.05) is 26.3 Å². The van der Waals surface area contributed by atoms with Gasteiger partial charge in [0.1, 0.15) is 5.41 Å². The first-order chi connectivity index (χ1) is 9.11. The van der Waals surface area contributed by atoms with Crippen LogP contribution in [0, 0.1) is 16.7 Å². The van der Waals surface area contributed by atoms with Crippen LogP contribution in [0.1, 0.15) is 53.4 Å². The van der Waals surface area contributed by atoms with E-state index in [9.17, 15) is 10.1 Å². The predicted molar refractivity (Wildman–Crippen MR) is 76.6 cm³/mol. The molecule has 0 heterocycles. The Balaban J connectivity index is 4.88. The zero-order valence-corrected chi connectivity index (χ0v) is 12.9. The summed E-state index contributed by atoms with van der Waals surface area (Å²) in [5, 5.41) is 9.50. The number of rotatable bonds is 10. The van der Waals surface area contributed by atoms with Crippen LogP contribution >= 0.6 is 0 Å². The minimum absolute atomic E-state index is 0.0269. The molecule has 4 nitrogen and oxygen atoms in total. The Morgan fingerprint density at radius 1 is 1.21 bits per heavy atom. The average molecular weight is 268 g/mol. The second-order valence-electron chi connectivity index (χ2n) is 4.78. The summed E-state index contributed by atoms with van der Waals surface area (Å²) in [4.78, 5) is 14.4. The summed E-state index contributed by atoms with van der Waals surface area (Å²) in [6, 6.07) is 2.29. The molecule has 0 aliphatic heterocycles. The highest BCUT2D eigenvalue weighted by Gasteiger charge is 2.39. The molecule has 0 saturated carbocycles. The molecular weight excluding hydrogens is 240 g/mol. The molecule has 0 rings (SSSR count). The molecule has 0 bridgehead atoms. The van der Waals surface area contributed by atoms with E-state index in [0.717, 1.165) is 12.8 Å². The minimum Gasteiger partial charge on any atom is -0.380 e. The molecule has 0 saturated heterocycles. The highest BCUT2D eigenvalue weighted by Crippen LogP contribution is 2.31. The van der Waals surface area contributed by atoms with Crippen molar-refractivity contribution in [3.05, 3.63) is 0 Å². The molecule has 0 aromatic carbocycles. The Kier molecular flexibility index (Phi) is 9.24. The van der Waals surface area contributed by atoms with E-state index in [1.165, 1.54) is 0 Å². The minimum atomic E-state index is -0.842. The summed E-state index contributed by atoms with van der Waals surface area (Å²) in [5.74, 6) is -0.0269. The first-order valence-electron chi connectivity index (χ1n) is 7.40. The van der Waals surface area contributed by atoms with E-state index in [-0.39, 0.29) is 5.91 Å². The Hall–Kier alpha value is -1.08. The van der Waals surface area contributed by atoms with Crippen molar-refractivity contribution in [2.24, 2.45) is 5.41 Å². The summed E-state index contributed by atoms with van der Waals surface area (Å²) < 4.78 is 5.31. The van der Waals surface area contributed by atoms with E-state index in [0.29, 0.717) is 39.1 Å². The van der Waals surface area contributed by atoms with Crippen LogP contribution in [0.2, 0.25) is 0 Å². The highest BCUT2D eigenvalue weighted by molar-refractivity contribution is 5.85. The number of nitrogens with zero attached hydrogens (tertiary/aromatic N) is 2. The first kappa shape index (κ1) is 17.9. The normalized spacial score (nSPS) is 11.1. The van der Waals surface area contributed by atoms with Crippen LogP contribution in [-0.4, -0.2) is 37.1 Å². The molecule has 0 fully saturated rings. The third kappa shape index (κ3) is 5.20. The molecule has 19 heavy (non-hydrogen) atoms. The number of hydrogen-bond donors (Lipinski definition) is 0. The van der Waals surface area contributed by atoms with Gasteiger partial charge >= 0.3 is 0 Å². The molecule has 0 aromatic heterocycles. The Morgan fingerprint density at radius 2 is 1.79 bits per heavy atom. The Bertz CT molecular complexity index is 291. The van der Waals surface area contributed by atoms with Crippen molar-refractivity contribution in [3.63, 3.8) is 0 Å². The molecule has 0 aliphatic rings. The van der Waals surface area contributed by atoms with Gasteiger partial charge in [-0.05, 0) is 26.7 Å². The molecule has 1 amide bonds. The van der Waals surface area contributed by atoms with Crippen LogP contribution in [0.25, 0.3) is 0 Å². The van der Waals surface area contributed by atoms with E-state index in [4.69, 9.17) is 4.74 Å². The quantitative estimate of drug-likeness (QED) is 0.572. The molecule has 0 spiro atoms. The number of carbonyl (C=O) groups excluding carboxylic acids is 1. The van der Waals surface area contributed by atoms with E-state index in [2.05, 4.69) is 6.07 Å². The maximum Gasteiger partial charge on any atom is 0.243 e. The van der Waals surface area contributed by atoms with Crippen molar-refractivity contribution in [2.45, 2.75) is 53.4 Å². The van der Waals surface area contributed by atoms with Crippen molar-refractivity contribution in [1.82, 2.24) is 4.90 Å². The van der Waals surface area contributed by atoms with Crippen molar-refractivity contribution in [1.29, 1.82) is 5.26 Å². The van der Waals surface area contributed by atoms with Gasteiger partial charge in [0.15, 0.2) is 0 Å². The lowest BCUT2D eigenvalue weighted by molar-refractivity contribution is -0.140. The lowest BCUT2D eigenvalue weighted by Crippen LogP contribution is -2.44. The molecule has 0 aliphatic carbocycles. The van der Waals surface area contributed by atoms with Gasteiger partial charge in [0.2, 0.25) is 5.91 Å². The standard InChI is InChI=1S/C15H28N2O2/c1-5-9-15(13-16,10-6-2)14(18)17(7-3)11-12-19-8-4/h5-12H2,1-4H3. The summed E-state index contributed by atoms with van der Waals surface area (Å²) in [6.45, 7) is 10.3. The molecule has 4 heteroatoms. The third-order valence-electron chi connectivity index (χ3n) is 3.36. The predicted octanol–water partition coefficient (Wildman–Crippen LogP) is 2.98. The summed E-state index contributed by atoms with van der Waals surface area (Å²) >= 11 is 0. The summed E-state index contributed by atoms with van der Waals surface area (Å²) in [7, 11) is 0. The van der Waals surface area contributed by atoms with Crippen LogP contribution in [0.15, 0.2) is 0 Å². The van der Waals surface area contributed by atoms with Gasteiger partial charge in [-0.3, -0.25) is 4.79 Å². The number of likely N-dealkylation sites (N-methyl/N-ethyl adjacent to an activating group) is 1. The smallest absolute Gasteiger partial charge is 0.243 e. The molecular formula is C15H28N2O2. The van der Waals surface area contributed by atoms with Gasteiger partial charge in [-0.25, -0.2) is 0 Å². The second kappa shape index (κ2) is 9.80. The van der Waals surface area contributed by atoms with Crippen molar-refractivity contribution in [3.8, 4) is 6.07 Å². The molecule has 0 atom stereocenters. The molecule has 0 unspecified atom stereocenters. The second-order valence-corrected chi connectivity index (χ2v) is 4.78. The maximum absolute atomic E-state index is 12.6. The largest absolute Gasteiger partial charge is 0.380 e. The summed E-state index contributed by atoms with van der Waals surface area (Å²) in [6.07, 6.45) is 2.98. The van der Waals surface area contributed by atoms with Gasteiger partial charge in [-0.15, -0.1) is 0 Å². The number of hydrogen-bond acceptors (Lipinski definition) is 3. The zero-order chi connectivity index (χ0) is 14.7. The lowest BCUT2D eigenvalue weighted by atomic mass is 9.79. The molecule has 0 aromatic rings. The van der Waals surface area contributed by atoms with E-state index >= 15 is 0 Å². The fraction of sp³-hybridized carbons (Fsp3) is 0.867. The number of carbonyl (C=O) groups is 1. The fourth-order valence-electron chi connectivity index (χ4n) is 2.38. The van der Waals surface area contributed by atoms with Gasteiger partial charge in [0, 0.05) is 19.7 Å². The monoisotopic (exact) mass is 268 g/mol.